The maximum Gasteiger partial charge on any atom is 0.183 e. The van der Waals surface area contributed by atoms with E-state index in [9.17, 15) is 0 Å². The molecule has 2 aromatic carbocycles. The Kier molecular flexibility index (Phi) is 10.2. The summed E-state index contributed by atoms with van der Waals surface area (Å²) in [6, 6.07) is 13.9. The Bertz CT molecular complexity index is 877. The average Bonchev–Trinajstić information content (AvgIpc) is 2.90. The van der Waals surface area contributed by atoms with Gasteiger partial charge in [0.1, 0.15) is 5.82 Å². The first-order valence-corrected chi connectivity index (χ1v) is 14.3. The molecular weight excluding hydrogens is 435 g/mol. The molecule has 1 aliphatic carbocycles. The Balaban J connectivity index is 1.28. The van der Waals surface area contributed by atoms with Crippen LogP contribution in [0.3, 0.4) is 0 Å². The van der Waals surface area contributed by atoms with E-state index in [2.05, 4.69) is 19.9 Å². The van der Waals surface area contributed by atoms with Crippen molar-refractivity contribution in [2.45, 2.75) is 103 Å². The quantitative estimate of drug-likeness (QED) is 0.298. The lowest BCUT2D eigenvalue weighted by molar-refractivity contribution is -0.206. The van der Waals surface area contributed by atoms with Gasteiger partial charge in [-0.1, -0.05) is 95.2 Å². The van der Waals surface area contributed by atoms with Crippen LogP contribution < -0.4 is 0 Å². The van der Waals surface area contributed by atoms with E-state index in [-0.39, 0.29) is 12.1 Å². The van der Waals surface area contributed by atoms with Gasteiger partial charge < -0.3 is 9.47 Å². The molecule has 0 N–H and O–H groups in total. The second kappa shape index (κ2) is 13.6. The first-order valence-electron chi connectivity index (χ1n) is 14.3. The number of rotatable bonds is 11. The first-order chi connectivity index (χ1) is 17.2. The highest BCUT2D eigenvalue weighted by molar-refractivity contribution is 5.65. The van der Waals surface area contributed by atoms with Crippen LogP contribution in [-0.4, -0.2) is 13.2 Å². The van der Waals surface area contributed by atoms with Gasteiger partial charge >= 0.3 is 0 Å². The summed E-state index contributed by atoms with van der Waals surface area (Å²) >= 11 is 0. The molecule has 0 spiro atoms. The number of benzene rings is 2. The van der Waals surface area contributed by atoms with Crippen molar-refractivity contribution in [2.75, 3.05) is 13.2 Å². The molecule has 3 heteroatoms. The highest BCUT2D eigenvalue weighted by atomic mass is 19.1. The minimum Gasteiger partial charge on any atom is -0.348 e. The predicted molar refractivity (Wildman–Crippen MR) is 143 cm³/mol. The molecule has 0 aromatic heterocycles. The molecule has 35 heavy (non-hydrogen) atoms. The van der Waals surface area contributed by atoms with Gasteiger partial charge in [0, 0.05) is 17.0 Å². The van der Waals surface area contributed by atoms with Crippen LogP contribution in [0.2, 0.25) is 0 Å². The molecule has 1 aliphatic heterocycles. The van der Waals surface area contributed by atoms with Crippen molar-refractivity contribution in [1.29, 1.82) is 0 Å². The summed E-state index contributed by atoms with van der Waals surface area (Å²) in [7, 11) is 0. The number of hydrogen-bond acceptors (Lipinski definition) is 2. The van der Waals surface area contributed by atoms with Gasteiger partial charge in [0.2, 0.25) is 0 Å². The summed E-state index contributed by atoms with van der Waals surface area (Å²) < 4.78 is 27.2. The molecule has 0 radical (unpaired) electrons. The molecular formula is C32H45FO2. The Labute approximate surface area is 212 Å². The molecule has 2 nitrogen and oxygen atoms in total. The van der Waals surface area contributed by atoms with Crippen molar-refractivity contribution in [3.8, 4) is 11.1 Å². The van der Waals surface area contributed by atoms with Gasteiger partial charge in [-0.25, -0.2) is 4.39 Å². The van der Waals surface area contributed by atoms with Crippen molar-refractivity contribution >= 4 is 0 Å². The van der Waals surface area contributed by atoms with E-state index >= 15 is 4.39 Å². The third-order valence-electron chi connectivity index (χ3n) is 8.18. The fraction of sp³-hybridized carbons (Fsp3) is 0.625. The highest BCUT2D eigenvalue weighted by Gasteiger charge is 2.24. The van der Waals surface area contributed by atoms with Crippen LogP contribution in [0.25, 0.3) is 11.1 Å². The zero-order valence-electron chi connectivity index (χ0n) is 21.9. The van der Waals surface area contributed by atoms with Gasteiger partial charge in [0.25, 0.3) is 0 Å². The number of ether oxygens (including phenoxy) is 2. The van der Waals surface area contributed by atoms with Crippen molar-refractivity contribution in [3.63, 3.8) is 0 Å². The monoisotopic (exact) mass is 480 g/mol. The smallest absolute Gasteiger partial charge is 0.183 e. The lowest BCUT2D eigenvalue weighted by atomic mass is 9.77. The van der Waals surface area contributed by atoms with Gasteiger partial charge in [0.05, 0.1) is 13.2 Å². The second-order valence-electron chi connectivity index (χ2n) is 10.9. The van der Waals surface area contributed by atoms with Crippen LogP contribution in [0.5, 0.6) is 0 Å². The van der Waals surface area contributed by atoms with Crippen molar-refractivity contribution in [3.05, 3.63) is 59.4 Å². The molecule has 2 fully saturated rings. The maximum atomic E-state index is 15.1. The Hall–Kier alpha value is -1.71. The van der Waals surface area contributed by atoms with E-state index in [1.54, 1.807) is 6.07 Å². The van der Waals surface area contributed by atoms with Gasteiger partial charge in [0.15, 0.2) is 6.29 Å². The topological polar surface area (TPSA) is 18.5 Å². The van der Waals surface area contributed by atoms with E-state index in [1.807, 2.05) is 30.3 Å². The summed E-state index contributed by atoms with van der Waals surface area (Å²) in [5.41, 5.74) is 3.76. The average molecular weight is 481 g/mol. The van der Waals surface area contributed by atoms with Crippen LogP contribution in [0.1, 0.15) is 114 Å². The molecule has 0 atom stereocenters. The van der Waals surface area contributed by atoms with Crippen molar-refractivity contribution in [1.82, 2.24) is 0 Å². The standard InChI is InChI=1S/C32H45FO2/c1-3-5-6-7-8-10-25-22-34-32(35-23-25)28-17-15-27(16-18-28)30-20-19-29(21-31(30)33)26-13-11-24(9-4-2)12-14-26/h15-21,24-26,32H,3-14,22-23H2,1-2H3/t24-,25?,26-,32?. The molecule has 192 valence electrons. The van der Waals surface area contributed by atoms with E-state index in [0.29, 0.717) is 17.4 Å². The SMILES string of the molecule is CCCCCCCC1COC(c2ccc(-c3ccc([C@H]4CC[C@H](CCC)CC4)cc3F)cc2)OC1. The number of hydrogen-bond donors (Lipinski definition) is 0. The van der Waals surface area contributed by atoms with Gasteiger partial charge in [-0.3, -0.25) is 0 Å². The molecule has 1 heterocycles. The summed E-state index contributed by atoms with van der Waals surface area (Å²) in [5.74, 6) is 1.77. The fourth-order valence-corrected chi connectivity index (χ4v) is 5.97. The van der Waals surface area contributed by atoms with E-state index in [4.69, 9.17) is 9.47 Å². The summed E-state index contributed by atoms with van der Waals surface area (Å²) in [4.78, 5) is 0. The lowest BCUT2D eigenvalue weighted by Crippen LogP contribution is -2.27. The molecule has 1 saturated carbocycles. The van der Waals surface area contributed by atoms with Crippen LogP contribution in [0, 0.1) is 17.7 Å². The zero-order valence-corrected chi connectivity index (χ0v) is 21.9. The Morgan fingerprint density at radius 1 is 0.714 bits per heavy atom. The minimum atomic E-state index is -0.310. The van der Waals surface area contributed by atoms with Gasteiger partial charge in [-0.2, -0.15) is 0 Å². The van der Waals surface area contributed by atoms with Gasteiger partial charge in [-0.15, -0.1) is 0 Å². The minimum absolute atomic E-state index is 0.113. The first kappa shape index (κ1) is 26.4. The fourth-order valence-electron chi connectivity index (χ4n) is 5.97. The second-order valence-corrected chi connectivity index (χ2v) is 10.9. The summed E-state index contributed by atoms with van der Waals surface area (Å²) in [5, 5.41) is 0. The molecule has 0 unspecified atom stereocenters. The normalized spacial score (nSPS) is 25.0. The molecule has 4 rings (SSSR count). The number of unbranched alkanes of at least 4 members (excludes halogenated alkanes) is 4. The molecule has 2 aromatic rings. The third kappa shape index (κ3) is 7.40. The van der Waals surface area contributed by atoms with E-state index in [0.717, 1.165) is 30.3 Å². The molecule has 0 amide bonds. The van der Waals surface area contributed by atoms with Gasteiger partial charge in [-0.05, 0) is 61.1 Å². The Morgan fingerprint density at radius 3 is 2.06 bits per heavy atom. The summed E-state index contributed by atoms with van der Waals surface area (Å²) in [6.07, 6.45) is 15.0. The van der Waals surface area contributed by atoms with E-state index < -0.39 is 0 Å². The predicted octanol–water partition coefficient (Wildman–Crippen LogP) is 9.59. The van der Waals surface area contributed by atoms with Crippen LogP contribution >= 0.6 is 0 Å². The van der Waals surface area contributed by atoms with E-state index in [1.165, 1.54) is 82.6 Å². The van der Waals surface area contributed by atoms with Crippen molar-refractivity contribution < 1.29 is 13.9 Å². The van der Waals surface area contributed by atoms with Crippen LogP contribution in [0.4, 0.5) is 4.39 Å². The maximum absolute atomic E-state index is 15.1. The largest absolute Gasteiger partial charge is 0.348 e. The number of halogens is 1. The highest BCUT2D eigenvalue weighted by Crippen LogP contribution is 2.39. The molecule has 2 aliphatic rings. The van der Waals surface area contributed by atoms with Crippen LogP contribution in [-0.2, 0) is 9.47 Å². The third-order valence-corrected chi connectivity index (χ3v) is 8.18. The molecule has 1 saturated heterocycles. The molecule has 0 bridgehead atoms. The Morgan fingerprint density at radius 2 is 1.40 bits per heavy atom. The van der Waals surface area contributed by atoms with Crippen LogP contribution in [0.15, 0.2) is 42.5 Å². The summed E-state index contributed by atoms with van der Waals surface area (Å²) in [6.45, 7) is 6.05. The zero-order chi connectivity index (χ0) is 24.5. The lowest BCUT2D eigenvalue weighted by Gasteiger charge is -2.30. The van der Waals surface area contributed by atoms with Crippen molar-refractivity contribution in [2.24, 2.45) is 11.8 Å².